The van der Waals surface area contributed by atoms with Gasteiger partial charge in [-0.1, -0.05) is 18.1 Å². The molecular weight excluding hydrogens is 165 g/mol. The number of alkyl halides is 3. The van der Waals surface area contributed by atoms with Gasteiger partial charge in [0.15, 0.2) is 0 Å². The van der Waals surface area contributed by atoms with Gasteiger partial charge in [0, 0.05) is 0 Å². The Morgan fingerprint density at radius 2 is 1.67 bits per heavy atom. The van der Waals surface area contributed by atoms with Crippen molar-refractivity contribution < 1.29 is 13.2 Å². The predicted molar refractivity (Wildman–Crippen MR) is 41.8 cm³/mol. The fraction of sp³-hybridized carbons (Fsp3) is 0.778. The van der Waals surface area contributed by atoms with E-state index in [-0.39, 0.29) is 0 Å². The lowest BCUT2D eigenvalue weighted by Crippen LogP contribution is -2.05. The predicted octanol–water partition coefficient (Wildman–Crippen LogP) is 3.83. The standard InChI is InChI=1S/C9H13F3/c10-9(11,12)7-6-8-4-2-1-3-5-8/h6H,1-5,7H2. The van der Waals surface area contributed by atoms with Gasteiger partial charge >= 0.3 is 6.18 Å². The third kappa shape index (κ3) is 3.79. The topological polar surface area (TPSA) is 0 Å². The summed E-state index contributed by atoms with van der Waals surface area (Å²) >= 11 is 0. The molecule has 0 saturated heterocycles. The zero-order valence-electron chi connectivity index (χ0n) is 6.95. The van der Waals surface area contributed by atoms with Gasteiger partial charge in [-0.25, -0.2) is 0 Å². The molecule has 1 rings (SSSR count). The summed E-state index contributed by atoms with van der Waals surface area (Å²) < 4.78 is 35.3. The highest BCUT2D eigenvalue weighted by Crippen LogP contribution is 2.26. The summed E-state index contributed by atoms with van der Waals surface area (Å²) in [6.45, 7) is 0. The molecule has 70 valence electrons. The molecule has 0 radical (unpaired) electrons. The van der Waals surface area contributed by atoms with Crippen LogP contribution in [0, 0.1) is 0 Å². The van der Waals surface area contributed by atoms with Crippen molar-refractivity contribution in [1.82, 2.24) is 0 Å². The van der Waals surface area contributed by atoms with E-state index in [0.29, 0.717) is 0 Å². The second-order valence-corrected chi connectivity index (χ2v) is 3.24. The lowest BCUT2D eigenvalue weighted by atomic mass is 9.94. The number of halogens is 3. The highest BCUT2D eigenvalue weighted by molar-refractivity contribution is 5.04. The van der Waals surface area contributed by atoms with Gasteiger partial charge < -0.3 is 0 Å². The molecule has 12 heavy (non-hydrogen) atoms. The van der Waals surface area contributed by atoms with Crippen molar-refractivity contribution in [2.24, 2.45) is 0 Å². The summed E-state index contributed by atoms with van der Waals surface area (Å²) in [5.41, 5.74) is 0.999. The molecule has 1 saturated carbocycles. The summed E-state index contributed by atoms with van der Waals surface area (Å²) in [6.07, 6.45) is 1.62. The second-order valence-electron chi connectivity index (χ2n) is 3.24. The van der Waals surface area contributed by atoms with Crippen LogP contribution in [-0.4, -0.2) is 6.18 Å². The summed E-state index contributed by atoms with van der Waals surface area (Å²) in [5, 5.41) is 0. The van der Waals surface area contributed by atoms with Crippen LogP contribution in [0.15, 0.2) is 11.6 Å². The first-order chi connectivity index (χ1) is 5.58. The summed E-state index contributed by atoms with van der Waals surface area (Å²) in [6, 6.07) is 0. The first-order valence-corrected chi connectivity index (χ1v) is 4.32. The van der Waals surface area contributed by atoms with Gasteiger partial charge in [-0.05, 0) is 25.7 Å². The first kappa shape index (κ1) is 9.62. The van der Waals surface area contributed by atoms with Crippen LogP contribution in [-0.2, 0) is 0 Å². The Kier molecular flexibility index (Phi) is 3.18. The molecule has 0 bridgehead atoms. The highest BCUT2D eigenvalue weighted by Gasteiger charge is 2.25. The number of rotatable bonds is 1. The van der Waals surface area contributed by atoms with Crippen LogP contribution < -0.4 is 0 Å². The summed E-state index contributed by atoms with van der Waals surface area (Å²) in [4.78, 5) is 0. The van der Waals surface area contributed by atoms with Gasteiger partial charge in [0.05, 0.1) is 6.42 Å². The maximum absolute atomic E-state index is 11.8. The van der Waals surface area contributed by atoms with Crippen LogP contribution in [0.3, 0.4) is 0 Å². The fourth-order valence-electron chi connectivity index (χ4n) is 1.47. The molecule has 0 aliphatic heterocycles. The molecule has 0 nitrogen and oxygen atoms in total. The highest BCUT2D eigenvalue weighted by atomic mass is 19.4. The molecule has 1 aliphatic carbocycles. The molecule has 1 fully saturated rings. The fourth-order valence-corrected chi connectivity index (χ4v) is 1.47. The largest absolute Gasteiger partial charge is 0.392 e. The van der Waals surface area contributed by atoms with Gasteiger partial charge in [-0.2, -0.15) is 13.2 Å². The molecule has 0 unspecified atom stereocenters. The van der Waals surface area contributed by atoms with E-state index < -0.39 is 12.6 Å². The van der Waals surface area contributed by atoms with Crippen LogP contribution in [0.5, 0.6) is 0 Å². The third-order valence-corrected chi connectivity index (χ3v) is 2.12. The monoisotopic (exact) mass is 178 g/mol. The molecule has 0 aromatic carbocycles. The van der Waals surface area contributed by atoms with Crippen molar-refractivity contribution in [3.63, 3.8) is 0 Å². The van der Waals surface area contributed by atoms with E-state index in [1.165, 1.54) is 12.5 Å². The minimum Gasteiger partial charge on any atom is -0.171 e. The maximum Gasteiger partial charge on any atom is 0.392 e. The lowest BCUT2D eigenvalue weighted by Gasteiger charge is -2.13. The van der Waals surface area contributed by atoms with E-state index in [1.54, 1.807) is 0 Å². The third-order valence-electron chi connectivity index (χ3n) is 2.12. The lowest BCUT2D eigenvalue weighted by molar-refractivity contribution is -0.125. The molecule has 1 aliphatic rings. The van der Waals surface area contributed by atoms with Gasteiger partial charge in [0.1, 0.15) is 0 Å². The van der Waals surface area contributed by atoms with Crippen LogP contribution in [0.25, 0.3) is 0 Å². The normalized spacial score (nSPS) is 19.4. The zero-order chi connectivity index (χ0) is 9.03. The molecule has 0 heterocycles. The van der Waals surface area contributed by atoms with Gasteiger partial charge in [0.2, 0.25) is 0 Å². The minimum absolute atomic E-state index is 0.748. The molecular formula is C9H13F3. The van der Waals surface area contributed by atoms with E-state index in [0.717, 1.165) is 31.3 Å². The van der Waals surface area contributed by atoms with Crippen LogP contribution in [0.4, 0.5) is 13.2 Å². The minimum atomic E-state index is -4.02. The average molecular weight is 178 g/mol. The Balaban J connectivity index is 2.35. The molecule has 0 N–H and O–H groups in total. The smallest absolute Gasteiger partial charge is 0.171 e. The molecule has 3 heteroatoms. The van der Waals surface area contributed by atoms with Crippen LogP contribution >= 0.6 is 0 Å². The summed E-state index contributed by atoms with van der Waals surface area (Å²) in [7, 11) is 0. The van der Waals surface area contributed by atoms with E-state index in [2.05, 4.69) is 0 Å². The molecule has 0 spiro atoms. The quantitative estimate of drug-likeness (QED) is 0.535. The number of hydrogen-bond acceptors (Lipinski definition) is 0. The molecule has 0 atom stereocenters. The van der Waals surface area contributed by atoms with E-state index in [9.17, 15) is 13.2 Å². The molecule has 0 aromatic heterocycles. The van der Waals surface area contributed by atoms with Crippen molar-refractivity contribution in [1.29, 1.82) is 0 Å². The van der Waals surface area contributed by atoms with Crippen molar-refractivity contribution in [3.05, 3.63) is 11.6 Å². The summed E-state index contributed by atoms with van der Waals surface area (Å²) in [5.74, 6) is 0. The number of hydrogen-bond donors (Lipinski definition) is 0. The first-order valence-electron chi connectivity index (χ1n) is 4.32. The van der Waals surface area contributed by atoms with Crippen LogP contribution in [0.1, 0.15) is 38.5 Å². The van der Waals surface area contributed by atoms with E-state index in [1.807, 2.05) is 0 Å². The maximum atomic E-state index is 11.8. The Labute approximate surface area is 70.5 Å². The number of allylic oxidation sites excluding steroid dienone is 2. The van der Waals surface area contributed by atoms with Crippen molar-refractivity contribution in [2.45, 2.75) is 44.7 Å². The van der Waals surface area contributed by atoms with E-state index in [4.69, 9.17) is 0 Å². The Hall–Kier alpha value is -0.470. The molecule has 0 aromatic rings. The Morgan fingerprint density at radius 1 is 1.08 bits per heavy atom. The van der Waals surface area contributed by atoms with Crippen molar-refractivity contribution >= 4 is 0 Å². The Bertz CT molecular complexity index is 159. The van der Waals surface area contributed by atoms with Crippen molar-refractivity contribution in [2.75, 3.05) is 0 Å². The van der Waals surface area contributed by atoms with Crippen LogP contribution in [0.2, 0.25) is 0 Å². The zero-order valence-corrected chi connectivity index (χ0v) is 6.95. The Morgan fingerprint density at radius 3 is 2.17 bits per heavy atom. The van der Waals surface area contributed by atoms with Gasteiger partial charge in [-0.3, -0.25) is 0 Å². The average Bonchev–Trinajstić information content (AvgIpc) is 2.02. The SMILES string of the molecule is FC(F)(F)CC=C1CCCCC1. The van der Waals surface area contributed by atoms with Crippen molar-refractivity contribution in [3.8, 4) is 0 Å². The van der Waals surface area contributed by atoms with Gasteiger partial charge in [0.25, 0.3) is 0 Å². The van der Waals surface area contributed by atoms with Gasteiger partial charge in [-0.15, -0.1) is 0 Å². The van der Waals surface area contributed by atoms with E-state index >= 15 is 0 Å². The second kappa shape index (κ2) is 3.97. The molecule has 0 amide bonds.